The van der Waals surface area contributed by atoms with Crippen LogP contribution in [0.1, 0.15) is 44.6 Å². The van der Waals surface area contributed by atoms with Crippen molar-refractivity contribution in [2.24, 2.45) is 0 Å². The molecule has 0 spiro atoms. The van der Waals surface area contributed by atoms with Crippen LogP contribution in [-0.4, -0.2) is 43.1 Å². The average molecular weight is 318 g/mol. The van der Waals surface area contributed by atoms with E-state index in [9.17, 15) is 4.79 Å². The number of benzene rings is 1. The molecule has 0 aliphatic carbocycles. The van der Waals surface area contributed by atoms with Crippen molar-refractivity contribution in [2.45, 2.75) is 52.1 Å². The van der Waals surface area contributed by atoms with E-state index in [0.29, 0.717) is 0 Å². The molecule has 1 atom stereocenters. The summed E-state index contributed by atoms with van der Waals surface area (Å²) in [5.74, 6) is 0.708. The fourth-order valence-corrected chi connectivity index (χ4v) is 2.96. The molecule has 0 aromatic heterocycles. The zero-order valence-corrected chi connectivity index (χ0v) is 14.5. The van der Waals surface area contributed by atoms with Crippen LogP contribution in [0.25, 0.3) is 0 Å². The lowest BCUT2D eigenvalue weighted by atomic mass is 10.2. The van der Waals surface area contributed by atoms with Gasteiger partial charge in [0.2, 0.25) is 0 Å². The monoisotopic (exact) mass is 318 g/mol. The first-order chi connectivity index (χ1) is 11.1. The number of nitrogens with zero attached hydrogens (tertiary/aromatic N) is 1. The Balaban J connectivity index is 1.63. The van der Waals surface area contributed by atoms with E-state index in [1.54, 1.807) is 6.92 Å². The second-order valence-electron chi connectivity index (χ2n) is 6.48. The van der Waals surface area contributed by atoms with Crippen LogP contribution in [0.5, 0.6) is 5.75 Å². The molecule has 23 heavy (non-hydrogen) atoms. The summed E-state index contributed by atoms with van der Waals surface area (Å²) in [4.78, 5) is 14.6. The standard InChI is InChI=1S/C19H30N2O2/c1-16-9-7-10-18(15-16)23-17(2)19(22)20-11-8-14-21-12-5-3-4-6-13-21/h7,9-10,15,17H,3-6,8,11-14H2,1-2H3,(H,20,22)/t17-/m1/s1. The average Bonchev–Trinajstić information content (AvgIpc) is 2.80. The number of ether oxygens (including phenoxy) is 1. The lowest BCUT2D eigenvalue weighted by Crippen LogP contribution is -2.38. The molecule has 1 N–H and O–H groups in total. The molecule has 1 fully saturated rings. The van der Waals surface area contributed by atoms with Crippen LogP contribution in [0, 0.1) is 6.92 Å². The van der Waals surface area contributed by atoms with Crippen LogP contribution < -0.4 is 10.1 Å². The molecule has 1 aliphatic heterocycles. The molecule has 4 heteroatoms. The lowest BCUT2D eigenvalue weighted by molar-refractivity contribution is -0.127. The molecule has 128 valence electrons. The molecule has 1 saturated heterocycles. The van der Waals surface area contributed by atoms with Gasteiger partial charge < -0.3 is 15.0 Å². The van der Waals surface area contributed by atoms with Crippen molar-refractivity contribution in [3.05, 3.63) is 29.8 Å². The number of rotatable bonds is 7. The van der Waals surface area contributed by atoms with Gasteiger partial charge in [-0.05, 0) is 70.4 Å². The number of carbonyl (C=O) groups is 1. The van der Waals surface area contributed by atoms with Crippen LogP contribution >= 0.6 is 0 Å². The summed E-state index contributed by atoms with van der Waals surface area (Å²) in [6.07, 6.45) is 5.89. The number of hydrogen-bond acceptors (Lipinski definition) is 3. The Labute approximate surface area is 140 Å². The predicted molar refractivity (Wildman–Crippen MR) is 93.8 cm³/mol. The van der Waals surface area contributed by atoms with Crippen molar-refractivity contribution in [1.29, 1.82) is 0 Å². The maximum absolute atomic E-state index is 12.1. The second kappa shape index (κ2) is 9.56. The SMILES string of the molecule is Cc1cccc(O[C@H](C)C(=O)NCCCN2CCCCCC2)c1. The van der Waals surface area contributed by atoms with E-state index in [1.165, 1.54) is 38.8 Å². The maximum Gasteiger partial charge on any atom is 0.260 e. The van der Waals surface area contributed by atoms with Crippen molar-refractivity contribution in [1.82, 2.24) is 10.2 Å². The Morgan fingerprint density at radius 3 is 2.70 bits per heavy atom. The van der Waals surface area contributed by atoms with Gasteiger partial charge in [-0.15, -0.1) is 0 Å². The molecule has 0 bridgehead atoms. The molecule has 1 aromatic rings. The summed E-state index contributed by atoms with van der Waals surface area (Å²) in [5.41, 5.74) is 1.13. The van der Waals surface area contributed by atoms with E-state index in [0.717, 1.165) is 30.8 Å². The molecule has 4 nitrogen and oxygen atoms in total. The third-order valence-corrected chi connectivity index (χ3v) is 4.32. The number of carbonyl (C=O) groups excluding carboxylic acids is 1. The van der Waals surface area contributed by atoms with E-state index in [4.69, 9.17) is 4.74 Å². The van der Waals surface area contributed by atoms with E-state index < -0.39 is 6.10 Å². The van der Waals surface area contributed by atoms with Crippen molar-refractivity contribution in [2.75, 3.05) is 26.2 Å². The first-order valence-electron chi connectivity index (χ1n) is 8.88. The van der Waals surface area contributed by atoms with Gasteiger partial charge in [0.25, 0.3) is 5.91 Å². The molecule has 1 aliphatic rings. The summed E-state index contributed by atoms with van der Waals surface area (Å²) in [6.45, 7) is 8.03. The summed E-state index contributed by atoms with van der Waals surface area (Å²) in [5, 5.41) is 2.98. The topological polar surface area (TPSA) is 41.6 Å². The predicted octanol–water partition coefficient (Wildman–Crippen LogP) is 3.14. The number of nitrogens with one attached hydrogen (secondary N) is 1. The summed E-state index contributed by atoms with van der Waals surface area (Å²) in [6, 6.07) is 7.79. The van der Waals surface area contributed by atoms with Crippen LogP contribution in [0.2, 0.25) is 0 Å². The fourth-order valence-electron chi connectivity index (χ4n) is 2.96. The molecule has 0 radical (unpaired) electrons. The zero-order chi connectivity index (χ0) is 16.5. The largest absolute Gasteiger partial charge is 0.481 e. The van der Waals surface area contributed by atoms with E-state index >= 15 is 0 Å². The normalized spacial score (nSPS) is 17.3. The Morgan fingerprint density at radius 2 is 2.00 bits per heavy atom. The summed E-state index contributed by atoms with van der Waals surface area (Å²) in [7, 11) is 0. The zero-order valence-electron chi connectivity index (χ0n) is 14.5. The molecule has 0 saturated carbocycles. The molecular weight excluding hydrogens is 288 g/mol. The number of aryl methyl sites for hydroxylation is 1. The van der Waals surface area contributed by atoms with Gasteiger partial charge in [-0.3, -0.25) is 4.79 Å². The highest BCUT2D eigenvalue weighted by atomic mass is 16.5. The smallest absolute Gasteiger partial charge is 0.260 e. The molecule has 2 rings (SSSR count). The van der Waals surface area contributed by atoms with Gasteiger partial charge in [0.1, 0.15) is 5.75 Å². The highest BCUT2D eigenvalue weighted by Gasteiger charge is 2.14. The van der Waals surface area contributed by atoms with Crippen LogP contribution in [0.4, 0.5) is 0 Å². The van der Waals surface area contributed by atoms with Gasteiger partial charge in [0.15, 0.2) is 6.10 Å². The van der Waals surface area contributed by atoms with Gasteiger partial charge in [0, 0.05) is 6.54 Å². The Kier molecular flexibility index (Phi) is 7.40. The summed E-state index contributed by atoms with van der Waals surface area (Å²) >= 11 is 0. The maximum atomic E-state index is 12.1. The third kappa shape index (κ3) is 6.61. The minimum absolute atomic E-state index is 0.0395. The Bertz CT molecular complexity index is 482. The first-order valence-corrected chi connectivity index (χ1v) is 8.88. The van der Waals surface area contributed by atoms with Gasteiger partial charge in [-0.1, -0.05) is 25.0 Å². The molecular formula is C19H30N2O2. The van der Waals surface area contributed by atoms with Crippen LogP contribution in [-0.2, 0) is 4.79 Å². The van der Waals surface area contributed by atoms with Crippen LogP contribution in [0.15, 0.2) is 24.3 Å². The highest BCUT2D eigenvalue weighted by molar-refractivity contribution is 5.80. The van der Waals surface area contributed by atoms with Crippen LogP contribution in [0.3, 0.4) is 0 Å². The first kappa shape index (κ1) is 17.8. The van der Waals surface area contributed by atoms with Gasteiger partial charge in [-0.2, -0.15) is 0 Å². The Hall–Kier alpha value is -1.55. The Morgan fingerprint density at radius 1 is 1.26 bits per heavy atom. The molecule has 1 amide bonds. The van der Waals surface area contributed by atoms with Gasteiger partial charge in [0.05, 0.1) is 0 Å². The molecule has 0 unspecified atom stereocenters. The van der Waals surface area contributed by atoms with Crippen molar-refractivity contribution in [3.8, 4) is 5.75 Å². The van der Waals surface area contributed by atoms with E-state index in [-0.39, 0.29) is 5.91 Å². The number of likely N-dealkylation sites (tertiary alicyclic amines) is 1. The minimum atomic E-state index is -0.463. The van der Waals surface area contributed by atoms with Crippen molar-refractivity contribution < 1.29 is 9.53 Å². The number of amides is 1. The molecule has 1 heterocycles. The highest BCUT2D eigenvalue weighted by Crippen LogP contribution is 2.14. The molecule has 1 aromatic carbocycles. The second-order valence-corrected chi connectivity index (χ2v) is 6.48. The minimum Gasteiger partial charge on any atom is -0.481 e. The number of hydrogen-bond donors (Lipinski definition) is 1. The van der Waals surface area contributed by atoms with Crippen molar-refractivity contribution in [3.63, 3.8) is 0 Å². The summed E-state index contributed by atoms with van der Waals surface area (Å²) < 4.78 is 5.70. The van der Waals surface area contributed by atoms with Gasteiger partial charge >= 0.3 is 0 Å². The quantitative estimate of drug-likeness (QED) is 0.785. The fraction of sp³-hybridized carbons (Fsp3) is 0.632. The third-order valence-electron chi connectivity index (χ3n) is 4.32. The van der Waals surface area contributed by atoms with E-state index in [1.807, 2.05) is 31.2 Å². The lowest BCUT2D eigenvalue weighted by Gasteiger charge is -2.20. The van der Waals surface area contributed by atoms with E-state index in [2.05, 4.69) is 10.2 Å². The van der Waals surface area contributed by atoms with Gasteiger partial charge in [-0.25, -0.2) is 0 Å². The van der Waals surface area contributed by atoms with Crippen molar-refractivity contribution >= 4 is 5.91 Å².